The molecule has 0 spiro atoms. The molecule has 0 radical (unpaired) electrons. The fourth-order valence-electron chi connectivity index (χ4n) is 4.98. The number of aromatic nitrogens is 3. The van der Waals surface area contributed by atoms with E-state index >= 15 is 0 Å². The zero-order valence-corrected chi connectivity index (χ0v) is 23.0. The molecule has 9 heteroatoms. The van der Waals surface area contributed by atoms with E-state index in [1.165, 1.54) is 0 Å². The van der Waals surface area contributed by atoms with Gasteiger partial charge in [0, 0.05) is 62.3 Å². The van der Waals surface area contributed by atoms with Crippen LogP contribution in [0.1, 0.15) is 17.0 Å². The minimum Gasteiger partial charge on any atom is -0.496 e. The molecule has 5 rings (SSSR count). The molecule has 1 aliphatic heterocycles. The van der Waals surface area contributed by atoms with Crippen molar-refractivity contribution in [2.45, 2.75) is 20.4 Å². The first kappa shape index (κ1) is 25.9. The summed E-state index contributed by atoms with van der Waals surface area (Å²) in [6, 6.07) is 14.3. The summed E-state index contributed by atoms with van der Waals surface area (Å²) >= 11 is 0. The maximum atomic E-state index is 5.57. The van der Waals surface area contributed by atoms with E-state index in [9.17, 15) is 0 Å². The molecule has 0 bridgehead atoms. The number of piperazine rings is 1. The van der Waals surface area contributed by atoms with Gasteiger partial charge in [0.2, 0.25) is 5.95 Å². The maximum absolute atomic E-state index is 5.57. The van der Waals surface area contributed by atoms with E-state index in [0.717, 1.165) is 95.8 Å². The fourth-order valence-corrected chi connectivity index (χ4v) is 4.98. The average Bonchev–Trinajstić information content (AvgIpc) is 3.28. The van der Waals surface area contributed by atoms with E-state index in [4.69, 9.17) is 19.2 Å². The van der Waals surface area contributed by atoms with Gasteiger partial charge in [0.05, 0.1) is 18.3 Å². The lowest BCUT2D eigenvalue weighted by molar-refractivity contribution is 0.229. The molecule has 0 atom stereocenters. The summed E-state index contributed by atoms with van der Waals surface area (Å²) in [7, 11) is 5.94. The minimum atomic E-state index is 0.587. The Bertz CT molecular complexity index is 1370. The standard InChI is InChI=1S/C29H37N7O2/c1-20-27(21(2)38-33-20)22-10-11-25-24(18-22)28(30-19-23-8-6-7-9-26(23)37-5)32-29(31-25)36-16-14-35(15-17-36)13-12-34(3)4/h6-11,18H,12-17,19H2,1-5H3,(H,30,31,32). The van der Waals surface area contributed by atoms with E-state index in [0.29, 0.717) is 6.54 Å². The van der Waals surface area contributed by atoms with Crippen molar-refractivity contribution < 1.29 is 9.26 Å². The predicted molar refractivity (Wildman–Crippen MR) is 152 cm³/mol. The van der Waals surface area contributed by atoms with E-state index in [1.54, 1.807) is 7.11 Å². The smallest absolute Gasteiger partial charge is 0.227 e. The fraction of sp³-hybridized carbons (Fsp3) is 0.414. The van der Waals surface area contributed by atoms with Crippen molar-refractivity contribution in [3.63, 3.8) is 0 Å². The number of aryl methyl sites for hydroxylation is 2. The first-order chi connectivity index (χ1) is 18.4. The Hall–Kier alpha value is -3.69. The van der Waals surface area contributed by atoms with Crippen LogP contribution in [-0.2, 0) is 6.54 Å². The monoisotopic (exact) mass is 515 g/mol. The summed E-state index contributed by atoms with van der Waals surface area (Å²) in [4.78, 5) is 17.1. The summed E-state index contributed by atoms with van der Waals surface area (Å²) in [6.07, 6.45) is 0. The lowest BCUT2D eigenvalue weighted by Crippen LogP contribution is -2.48. The number of anilines is 2. The topological polar surface area (TPSA) is 82.8 Å². The molecule has 1 fully saturated rings. The normalized spacial score (nSPS) is 14.4. The lowest BCUT2D eigenvalue weighted by Gasteiger charge is -2.35. The molecule has 1 aliphatic rings. The summed E-state index contributed by atoms with van der Waals surface area (Å²) in [5.74, 6) is 3.22. The van der Waals surface area contributed by atoms with Crippen molar-refractivity contribution in [2.75, 3.05) is 70.7 Å². The van der Waals surface area contributed by atoms with Crippen LogP contribution in [0, 0.1) is 13.8 Å². The Kier molecular flexibility index (Phi) is 7.76. The van der Waals surface area contributed by atoms with Crippen LogP contribution in [0.5, 0.6) is 5.75 Å². The van der Waals surface area contributed by atoms with Crippen molar-refractivity contribution >= 4 is 22.7 Å². The predicted octanol–water partition coefficient (Wildman–Crippen LogP) is 4.21. The summed E-state index contributed by atoms with van der Waals surface area (Å²) in [6.45, 7) is 10.5. The second kappa shape index (κ2) is 11.4. The van der Waals surface area contributed by atoms with Gasteiger partial charge in [0.15, 0.2) is 0 Å². The van der Waals surface area contributed by atoms with Gasteiger partial charge in [-0.25, -0.2) is 4.98 Å². The minimum absolute atomic E-state index is 0.587. The van der Waals surface area contributed by atoms with Crippen LogP contribution in [-0.4, -0.2) is 85.4 Å². The highest BCUT2D eigenvalue weighted by Crippen LogP contribution is 2.33. The molecule has 3 heterocycles. The highest BCUT2D eigenvalue weighted by atomic mass is 16.5. The quantitative estimate of drug-likeness (QED) is 0.352. The highest BCUT2D eigenvalue weighted by Gasteiger charge is 2.21. The molecule has 0 amide bonds. The molecule has 2 aromatic carbocycles. The zero-order chi connectivity index (χ0) is 26.6. The Morgan fingerprint density at radius 3 is 2.53 bits per heavy atom. The number of nitrogens with one attached hydrogen (secondary N) is 1. The summed E-state index contributed by atoms with van der Waals surface area (Å²) in [5.41, 5.74) is 4.90. The highest BCUT2D eigenvalue weighted by molar-refractivity contribution is 5.94. The second-order valence-corrected chi connectivity index (χ2v) is 10.1. The van der Waals surface area contributed by atoms with Crippen LogP contribution in [0.15, 0.2) is 47.0 Å². The van der Waals surface area contributed by atoms with Crippen molar-refractivity contribution in [1.82, 2.24) is 24.9 Å². The molecule has 2 aromatic heterocycles. The van der Waals surface area contributed by atoms with E-state index in [-0.39, 0.29) is 0 Å². The molecule has 0 aliphatic carbocycles. The van der Waals surface area contributed by atoms with Crippen LogP contribution in [0.3, 0.4) is 0 Å². The first-order valence-electron chi connectivity index (χ1n) is 13.2. The van der Waals surface area contributed by atoms with Crippen molar-refractivity contribution in [2.24, 2.45) is 0 Å². The van der Waals surface area contributed by atoms with Gasteiger partial charge in [-0.1, -0.05) is 29.4 Å². The van der Waals surface area contributed by atoms with Gasteiger partial charge in [-0.2, -0.15) is 4.98 Å². The molecule has 38 heavy (non-hydrogen) atoms. The van der Waals surface area contributed by atoms with Crippen molar-refractivity contribution in [1.29, 1.82) is 0 Å². The van der Waals surface area contributed by atoms with Gasteiger partial charge >= 0.3 is 0 Å². The molecule has 1 saturated heterocycles. The molecule has 4 aromatic rings. The van der Waals surface area contributed by atoms with Crippen LogP contribution in [0.2, 0.25) is 0 Å². The number of likely N-dealkylation sites (N-methyl/N-ethyl adjacent to an activating group) is 1. The number of ether oxygens (including phenoxy) is 1. The SMILES string of the molecule is COc1ccccc1CNc1nc(N2CCN(CCN(C)C)CC2)nc2ccc(-c3c(C)noc3C)cc12. The molecule has 0 saturated carbocycles. The average molecular weight is 516 g/mol. The lowest BCUT2D eigenvalue weighted by atomic mass is 10.0. The first-order valence-corrected chi connectivity index (χ1v) is 13.2. The number of rotatable bonds is 9. The molecular formula is C29H37N7O2. The van der Waals surface area contributed by atoms with E-state index in [2.05, 4.69) is 63.5 Å². The Morgan fingerprint density at radius 2 is 1.82 bits per heavy atom. The zero-order valence-electron chi connectivity index (χ0n) is 23.0. The molecule has 1 N–H and O–H groups in total. The van der Waals surface area contributed by atoms with Gasteiger partial charge in [-0.15, -0.1) is 0 Å². The number of methoxy groups -OCH3 is 1. The molecule has 0 unspecified atom stereocenters. The number of hydrogen-bond acceptors (Lipinski definition) is 9. The third-order valence-electron chi connectivity index (χ3n) is 7.16. The number of fused-ring (bicyclic) bond motifs is 1. The molecular weight excluding hydrogens is 478 g/mol. The Labute approximate surface area is 224 Å². The van der Waals surface area contributed by atoms with Crippen LogP contribution >= 0.6 is 0 Å². The number of hydrogen-bond donors (Lipinski definition) is 1. The van der Waals surface area contributed by atoms with Crippen molar-refractivity contribution in [3.05, 3.63) is 59.5 Å². The molecule has 9 nitrogen and oxygen atoms in total. The van der Waals surface area contributed by atoms with Gasteiger partial charge in [-0.3, -0.25) is 4.90 Å². The van der Waals surface area contributed by atoms with Gasteiger partial charge in [0.1, 0.15) is 17.3 Å². The maximum Gasteiger partial charge on any atom is 0.227 e. The molecule has 200 valence electrons. The van der Waals surface area contributed by atoms with Gasteiger partial charge < -0.3 is 24.4 Å². The summed E-state index contributed by atoms with van der Waals surface area (Å²) < 4.78 is 11.0. The second-order valence-electron chi connectivity index (χ2n) is 10.1. The Balaban J connectivity index is 1.47. The third-order valence-corrected chi connectivity index (χ3v) is 7.16. The van der Waals surface area contributed by atoms with E-state index in [1.807, 2.05) is 32.0 Å². The Morgan fingerprint density at radius 1 is 1.03 bits per heavy atom. The number of para-hydroxylation sites is 1. The van der Waals surface area contributed by atoms with Gasteiger partial charge in [0.25, 0.3) is 0 Å². The van der Waals surface area contributed by atoms with Crippen LogP contribution in [0.25, 0.3) is 22.0 Å². The van der Waals surface area contributed by atoms with Crippen LogP contribution in [0.4, 0.5) is 11.8 Å². The van der Waals surface area contributed by atoms with Crippen LogP contribution < -0.4 is 15.0 Å². The van der Waals surface area contributed by atoms with E-state index < -0.39 is 0 Å². The number of nitrogens with zero attached hydrogens (tertiary/aromatic N) is 6. The van der Waals surface area contributed by atoms with Crippen molar-refractivity contribution in [3.8, 4) is 16.9 Å². The number of benzene rings is 2. The summed E-state index contributed by atoms with van der Waals surface area (Å²) in [5, 5.41) is 8.70. The largest absolute Gasteiger partial charge is 0.496 e. The third kappa shape index (κ3) is 5.58. The van der Waals surface area contributed by atoms with Gasteiger partial charge in [-0.05, 0) is 51.7 Å².